The standard InChI is InChI=1S/C25H24N2O2S/c1-17-23(15-24(28)26-16-20-9-4-6-13-22(20)29-2)30-25(27-17)14-19-11-7-10-18-8-3-5-12-21(18)19/h3-13H,14-16H2,1-2H3,(H,26,28). The highest BCUT2D eigenvalue weighted by Gasteiger charge is 2.13. The molecule has 0 saturated heterocycles. The van der Waals surface area contributed by atoms with Gasteiger partial charge >= 0.3 is 0 Å². The van der Waals surface area contributed by atoms with Gasteiger partial charge in [0.2, 0.25) is 5.91 Å². The number of fused-ring (bicyclic) bond motifs is 1. The Bertz CT molecular complexity index is 1180. The van der Waals surface area contributed by atoms with Crippen LogP contribution in [0.3, 0.4) is 0 Å². The molecule has 3 aromatic carbocycles. The summed E-state index contributed by atoms with van der Waals surface area (Å²) in [7, 11) is 1.64. The molecule has 4 aromatic rings. The summed E-state index contributed by atoms with van der Waals surface area (Å²) in [4.78, 5) is 18.3. The molecule has 1 amide bonds. The second-order valence-electron chi connectivity index (χ2n) is 7.20. The molecular formula is C25H24N2O2S. The molecule has 1 aromatic heterocycles. The SMILES string of the molecule is COc1ccccc1CNC(=O)Cc1sc(Cc2cccc3ccccc23)nc1C. The Hall–Kier alpha value is -3.18. The number of nitrogens with one attached hydrogen (secondary N) is 1. The molecule has 0 saturated carbocycles. The fourth-order valence-corrected chi connectivity index (χ4v) is 4.68. The van der Waals surface area contributed by atoms with Crippen molar-refractivity contribution in [1.82, 2.24) is 10.3 Å². The Morgan fingerprint density at radius 1 is 1.00 bits per heavy atom. The first-order chi connectivity index (χ1) is 14.6. The number of nitrogens with zero attached hydrogens (tertiary/aromatic N) is 1. The van der Waals surface area contributed by atoms with Gasteiger partial charge < -0.3 is 10.1 Å². The molecule has 0 aliphatic heterocycles. The van der Waals surface area contributed by atoms with Gasteiger partial charge in [-0.25, -0.2) is 4.98 Å². The molecule has 0 bridgehead atoms. The lowest BCUT2D eigenvalue weighted by Gasteiger charge is -2.09. The van der Waals surface area contributed by atoms with Crippen molar-refractivity contribution in [2.45, 2.75) is 26.3 Å². The van der Waals surface area contributed by atoms with E-state index in [2.05, 4.69) is 47.8 Å². The number of aromatic nitrogens is 1. The van der Waals surface area contributed by atoms with Crippen LogP contribution in [0.1, 0.15) is 26.7 Å². The number of para-hydroxylation sites is 1. The van der Waals surface area contributed by atoms with Crippen LogP contribution >= 0.6 is 11.3 Å². The summed E-state index contributed by atoms with van der Waals surface area (Å²) in [6.45, 7) is 2.43. The van der Waals surface area contributed by atoms with Crippen LogP contribution in [0.4, 0.5) is 0 Å². The first kappa shape index (κ1) is 20.1. The van der Waals surface area contributed by atoms with Crippen molar-refractivity contribution in [3.05, 3.63) is 93.4 Å². The van der Waals surface area contributed by atoms with E-state index in [9.17, 15) is 4.79 Å². The average molecular weight is 417 g/mol. The van der Waals surface area contributed by atoms with Gasteiger partial charge in [-0.2, -0.15) is 0 Å². The molecular weight excluding hydrogens is 392 g/mol. The zero-order valence-electron chi connectivity index (χ0n) is 17.1. The molecule has 4 rings (SSSR count). The summed E-state index contributed by atoms with van der Waals surface area (Å²) < 4.78 is 5.35. The summed E-state index contributed by atoms with van der Waals surface area (Å²) in [5, 5.41) is 6.52. The molecule has 0 unspecified atom stereocenters. The number of rotatable bonds is 7. The van der Waals surface area contributed by atoms with Gasteiger partial charge in [0.05, 0.1) is 24.2 Å². The van der Waals surface area contributed by atoms with Gasteiger partial charge in [-0.15, -0.1) is 11.3 Å². The third-order valence-corrected chi connectivity index (χ3v) is 6.31. The van der Waals surface area contributed by atoms with Gasteiger partial charge in [0.1, 0.15) is 5.75 Å². The summed E-state index contributed by atoms with van der Waals surface area (Å²) in [6, 6.07) is 22.5. The van der Waals surface area contributed by atoms with Crippen molar-refractivity contribution in [3.8, 4) is 5.75 Å². The number of carbonyl (C=O) groups excluding carboxylic acids is 1. The molecule has 0 atom stereocenters. The molecule has 152 valence electrons. The van der Waals surface area contributed by atoms with E-state index in [1.807, 2.05) is 31.2 Å². The smallest absolute Gasteiger partial charge is 0.225 e. The number of thiazole rings is 1. The van der Waals surface area contributed by atoms with Crippen LogP contribution in [0.25, 0.3) is 10.8 Å². The Morgan fingerprint density at radius 2 is 1.73 bits per heavy atom. The predicted molar refractivity (Wildman–Crippen MR) is 122 cm³/mol. The van der Waals surface area contributed by atoms with Gasteiger partial charge in [0.25, 0.3) is 0 Å². The lowest BCUT2D eigenvalue weighted by molar-refractivity contribution is -0.120. The van der Waals surface area contributed by atoms with Gasteiger partial charge in [-0.3, -0.25) is 4.79 Å². The lowest BCUT2D eigenvalue weighted by atomic mass is 10.0. The molecule has 0 spiro atoms. The van der Waals surface area contributed by atoms with E-state index in [1.54, 1.807) is 18.4 Å². The van der Waals surface area contributed by atoms with Gasteiger partial charge in [0.15, 0.2) is 0 Å². The Kier molecular flexibility index (Phi) is 6.10. The monoisotopic (exact) mass is 416 g/mol. The second-order valence-corrected chi connectivity index (χ2v) is 8.36. The van der Waals surface area contributed by atoms with Gasteiger partial charge in [-0.05, 0) is 29.3 Å². The van der Waals surface area contributed by atoms with Crippen LogP contribution in [0.2, 0.25) is 0 Å². The quantitative estimate of drug-likeness (QED) is 0.458. The lowest BCUT2D eigenvalue weighted by Crippen LogP contribution is -2.24. The fraction of sp³-hybridized carbons (Fsp3) is 0.200. The maximum absolute atomic E-state index is 12.5. The van der Waals surface area contributed by atoms with E-state index in [1.165, 1.54) is 16.3 Å². The largest absolute Gasteiger partial charge is 0.496 e. The van der Waals surface area contributed by atoms with Crippen molar-refractivity contribution in [2.75, 3.05) is 7.11 Å². The van der Waals surface area contributed by atoms with E-state index in [0.717, 1.165) is 33.3 Å². The van der Waals surface area contributed by atoms with Crippen LogP contribution in [0.5, 0.6) is 5.75 Å². The number of hydrogen-bond donors (Lipinski definition) is 1. The summed E-state index contributed by atoms with van der Waals surface area (Å²) in [5.41, 5.74) is 3.16. The van der Waals surface area contributed by atoms with Crippen LogP contribution in [0, 0.1) is 6.92 Å². The first-order valence-corrected chi connectivity index (χ1v) is 10.8. The number of hydrogen-bond acceptors (Lipinski definition) is 4. The van der Waals surface area contributed by atoms with Crippen molar-refractivity contribution in [3.63, 3.8) is 0 Å². The first-order valence-electron chi connectivity index (χ1n) is 9.94. The normalized spacial score (nSPS) is 10.9. The van der Waals surface area contributed by atoms with E-state index in [0.29, 0.717) is 13.0 Å². The van der Waals surface area contributed by atoms with Crippen molar-refractivity contribution < 1.29 is 9.53 Å². The minimum absolute atomic E-state index is 0.00985. The van der Waals surface area contributed by atoms with Gasteiger partial charge in [0, 0.05) is 23.4 Å². The summed E-state index contributed by atoms with van der Waals surface area (Å²) in [5.74, 6) is 0.772. The number of ether oxygens (including phenoxy) is 1. The topological polar surface area (TPSA) is 51.2 Å². The molecule has 0 fully saturated rings. The van der Waals surface area contributed by atoms with Crippen LogP contribution in [0.15, 0.2) is 66.7 Å². The van der Waals surface area contributed by atoms with E-state index in [-0.39, 0.29) is 5.91 Å². The predicted octanol–water partition coefficient (Wildman–Crippen LogP) is 5.06. The van der Waals surface area contributed by atoms with Crippen molar-refractivity contribution >= 4 is 28.0 Å². The van der Waals surface area contributed by atoms with E-state index < -0.39 is 0 Å². The Balaban J connectivity index is 1.43. The highest BCUT2D eigenvalue weighted by molar-refractivity contribution is 7.11. The van der Waals surface area contributed by atoms with Gasteiger partial charge in [-0.1, -0.05) is 60.7 Å². The van der Waals surface area contributed by atoms with Crippen LogP contribution in [-0.4, -0.2) is 18.0 Å². The maximum Gasteiger partial charge on any atom is 0.225 e. The van der Waals surface area contributed by atoms with E-state index >= 15 is 0 Å². The number of aryl methyl sites for hydroxylation is 1. The second kappa shape index (κ2) is 9.09. The number of amides is 1. The van der Waals surface area contributed by atoms with Crippen molar-refractivity contribution in [2.24, 2.45) is 0 Å². The summed E-state index contributed by atoms with van der Waals surface area (Å²) in [6.07, 6.45) is 1.11. The highest BCUT2D eigenvalue weighted by atomic mass is 32.1. The zero-order valence-corrected chi connectivity index (χ0v) is 18.0. The minimum Gasteiger partial charge on any atom is -0.496 e. The molecule has 0 aliphatic carbocycles. The third-order valence-electron chi connectivity index (χ3n) is 5.15. The number of benzene rings is 3. The summed E-state index contributed by atoms with van der Waals surface area (Å²) >= 11 is 1.62. The molecule has 0 radical (unpaired) electrons. The molecule has 4 nitrogen and oxygen atoms in total. The van der Waals surface area contributed by atoms with Crippen LogP contribution in [-0.2, 0) is 24.2 Å². The zero-order chi connectivity index (χ0) is 20.9. The third kappa shape index (κ3) is 4.52. The average Bonchev–Trinajstić information content (AvgIpc) is 3.11. The molecule has 1 N–H and O–H groups in total. The van der Waals surface area contributed by atoms with Crippen LogP contribution < -0.4 is 10.1 Å². The molecule has 0 aliphatic rings. The Labute approximate surface area is 180 Å². The van der Waals surface area contributed by atoms with E-state index in [4.69, 9.17) is 9.72 Å². The molecule has 30 heavy (non-hydrogen) atoms. The van der Waals surface area contributed by atoms with Crippen molar-refractivity contribution in [1.29, 1.82) is 0 Å². The Morgan fingerprint density at radius 3 is 2.60 bits per heavy atom. The minimum atomic E-state index is -0.00985. The molecule has 5 heteroatoms. The fourth-order valence-electron chi connectivity index (χ4n) is 3.59. The highest BCUT2D eigenvalue weighted by Crippen LogP contribution is 2.25. The maximum atomic E-state index is 12.5. The number of methoxy groups -OCH3 is 1. The molecule has 1 heterocycles. The number of carbonyl (C=O) groups is 1.